The number of nitrogens with zero attached hydrogens (tertiary/aromatic N) is 2. The van der Waals surface area contributed by atoms with Crippen LogP contribution in [-0.2, 0) is 19.2 Å². The van der Waals surface area contributed by atoms with E-state index in [0.29, 0.717) is 0 Å². The van der Waals surface area contributed by atoms with E-state index in [1.165, 1.54) is 19.2 Å². The lowest BCUT2D eigenvalue weighted by Gasteiger charge is -2.17. The molecule has 0 aliphatic heterocycles. The van der Waals surface area contributed by atoms with Gasteiger partial charge in [-0.2, -0.15) is 0 Å². The smallest absolute Gasteiger partial charge is 0.362 e. The number of aliphatic carboxylic acids is 1. The van der Waals surface area contributed by atoms with Crippen molar-refractivity contribution in [2.24, 2.45) is 5.16 Å². The van der Waals surface area contributed by atoms with Crippen LogP contribution < -0.4 is 5.73 Å². The molecule has 0 spiro atoms. The van der Waals surface area contributed by atoms with E-state index in [1.807, 2.05) is 48.5 Å². The molecule has 0 bridgehead atoms. The minimum absolute atomic E-state index is 0.0772. The SMILES string of the molecule is CC(C)(O/N=C(\C(=O)OCC1c2ccccc2-c2ccccc21)c1csc(N)n1)C(=O)O. The first-order chi connectivity index (χ1) is 15.3. The van der Waals surface area contributed by atoms with Crippen molar-refractivity contribution >= 4 is 34.1 Å². The standard InChI is InChI=1S/C23H21N3O5S/c1-23(2,21(28)29)31-26-19(18-12-32-22(24)25-18)20(27)30-11-17-15-9-5-3-7-13(15)14-8-4-6-10-16(14)17/h3-10,12,17H,11H2,1-2H3,(H2,24,25)(H,28,29)/b26-19-. The summed E-state index contributed by atoms with van der Waals surface area (Å²) in [4.78, 5) is 33.5. The molecule has 8 nitrogen and oxygen atoms in total. The van der Waals surface area contributed by atoms with Gasteiger partial charge in [0.1, 0.15) is 12.3 Å². The second-order valence-corrected chi connectivity index (χ2v) is 8.63. The lowest BCUT2D eigenvalue weighted by Crippen LogP contribution is -2.34. The van der Waals surface area contributed by atoms with Crippen molar-refractivity contribution in [3.8, 4) is 11.1 Å². The van der Waals surface area contributed by atoms with Gasteiger partial charge in [0.25, 0.3) is 0 Å². The molecule has 2 aromatic carbocycles. The van der Waals surface area contributed by atoms with Crippen LogP contribution in [0.3, 0.4) is 0 Å². The van der Waals surface area contributed by atoms with E-state index in [0.717, 1.165) is 33.6 Å². The molecule has 0 radical (unpaired) electrons. The molecule has 0 atom stereocenters. The molecule has 0 unspecified atom stereocenters. The number of oxime groups is 1. The number of aromatic nitrogens is 1. The Morgan fingerprint density at radius 2 is 1.72 bits per heavy atom. The van der Waals surface area contributed by atoms with Crippen LogP contribution in [0.2, 0.25) is 0 Å². The molecule has 0 fully saturated rings. The third kappa shape index (κ3) is 4.06. The van der Waals surface area contributed by atoms with Gasteiger partial charge in [0.2, 0.25) is 11.3 Å². The van der Waals surface area contributed by atoms with Crippen molar-refractivity contribution in [2.75, 3.05) is 12.3 Å². The van der Waals surface area contributed by atoms with Crippen LogP contribution in [0.25, 0.3) is 11.1 Å². The summed E-state index contributed by atoms with van der Waals surface area (Å²) in [6.45, 7) is 2.72. The zero-order valence-corrected chi connectivity index (χ0v) is 18.3. The maximum Gasteiger partial charge on any atom is 0.362 e. The molecule has 0 amide bonds. The van der Waals surface area contributed by atoms with Gasteiger partial charge in [0.15, 0.2) is 5.13 Å². The van der Waals surface area contributed by atoms with E-state index in [2.05, 4.69) is 10.1 Å². The normalized spacial score (nSPS) is 13.4. The second kappa shape index (κ2) is 8.43. The van der Waals surface area contributed by atoms with Crippen LogP contribution in [0.15, 0.2) is 59.1 Å². The van der Waals surface area contributed by atoms with Gasteiger partial charge in [-0.3, -0.25) is 0 Å². The van der Waals surface area contributed by atoms with Crippen LogP contribution >= 0.6 is 11.3 Å². The van der Waals surface area contributed by atoms with Gasteiger partial charge in [0, 0.05) is 11.3 Å². The fourth-order valence-electron chi connectivity index (χ4n) is 3.45. The summed E-state index contributed by atoms with van der Waals surface area (Å²) in [5, 5.41) is 14.8. The molecule has 1 heterocycles. The number of carbonyl (C=O) groups excluding carboxylic acids is 1. The number of carbonyl (C=O) groups is 2. The molecule has 3 aromatic rings. The highest BCUT2D eigenvalue weighted by Crippen LogP contribution is 2.44. The number of nitrogens with two attached hydrogens (primary N) is 1. The number of hydrogen-bond donors (Lipinski definition) is 2. The van der Waals surface area contributed by atoms with Crippen LogP contribution in [0, 0.1) is 0 Å². The van der Waals surface area contributed by atoms with Crippen molar-refractivity contribution in [2.45, 2.75) is 25.4 Å². The fourth-order valence-corrected chi connectivity index (χ4v) is 4.00. The summed E-state index contributed by atoms with van der Waals surface area (Å²) >= 11 is 1.12. The molecule has 0 saturated carbocycles. The van der Waals surface area contributed by atoms with Crippen molar-refractivity contribution in [3.05, 3.63) is 70.7 Å². The molecule has 1 aliphatic carbocycles. The molecule has 1 aromatic heterocycles. The first-order valence-electron chi connectivity index (χ1n) is 9.84. The van der Waals surface area contributed by atoms with E-state index in [4.69, 9.17) is 15.3 Å². The maximum atomic E-state index is 13.0. The molecule has 0 saturated heterocycles. The predicted octanol–water partition coefficient (Wildman–Crippen LogP) is 3.66. The van der Waals surface area contributed by atoms with E-state index in [1.54, 1.807) is 0 Å². The molecule has 164 valence electrons. The summed E-state index contributed by atoms with van der Waals surface area (Å²) in [6.07, 6.45) is 0. The van der Waals surface area contributed by atoms with Gasteiger partial charge in [0.05, 0.1) is 0 Å². The lowest BCUT2D eigenvalue weighted by molar-refractivity contribution is -0.161. The van der Waals surface area contributed by atoms with Gasteiger partial charge in [-0.15, -0.1) is 11.3 Å². The monoisotopic (exact) mass is 451 g/mol. The molecule has 9 heteroatoms. The summed E-state index contributed by atoms with van der Waals surface area (Å²) in [7, 11) is 0. The third-order valence-electron chi connectivity index (χ3n) is 5.18. The van der Waals surface area contributed by atoms with E-state index in [-0.39, 0.29) is 29.1 Å². The number of fused-ring (bicyclic) bond motifs is 3. The number of thiazole rings is 1. The molecule has 1 aliphatic rings. The van der Waals surface area contributed by atoms with Gasteiger partial charge < -0.3 is 20.4 Å². The van der Waals surface area contributed by atoms with Crippen molar-refractivity contribution in [3.63, 3.8) is 0 Å². The molecule has 4 rings (SSSR count). The number of ether oxygens (including phenoxy) is 1. The number of nitrogen functional groups attached to an aromatic ring is 1. The molecule has 3 N–H and O–H groups in total. The highest BCUT2D eigenvalue weighted by Gasteiger charge is 2.33. The van der Waals surface area contributed by atoms with E-state index >= 15 is 0 Å². The Bertz CT molecular complexity index is 1170. The minimum Gasteiger partial charge on any atom is -0.478 e. The molecular weight excluding hydrogens is 430 g/mol. The number of carboxylic acids is 1. The van der Waals surface area contributed by atoms with Crippen LogP contribution in [0.5, 0.6) is 0 Å². The minimum atomic E-state index is -1.64. The van der Waals surface area contributed by atoms with Crippen LogP contribution in [0.4, 0.5) is 5.13 Å². The average Bonchev–Trinajstić information content (AvgIpc) is 3.33. The Hall–Kier alpha value is -3.72. The fraction of sp³-hybridized carbons (Fsp3) is 0.217. The van der Waals surface area contributed by atoms with E-state index < -0.39 is 17.5 Å². The first-order valence-corrected chi connectivity index (χ1v) is 10.7. The summed E-state index contributed by atoms with van der Waals surface area (Å²) in [6, 6.07) is 16.0. The highest BCUT2D eigenvalue weighted by molar-refractivity contribution is 7.13. The summed E-state index contributed by atoms with van der Waals surface area (Å²) < 4.78 is 5.62. The number of benzene rings is 2. The second-order valence-electron chi connectivity index (χ2n) is 7.74. The lowest BCUT2D eigenvalue weighted by atomic mass is 9.98. The number of hydrogen-bond acceptors (Lipinski definition) is 8. The maximum absolute atomic E-state index is 13.0. The van der Waals surface area contributed by atoms with Crippen LogP contribution in [0.1, 0.15) is 36.6 Å². The summed E-state index contributed by atoms with van der Waals surface area (Å²) in [5.41, 5.74) is 8.32. The Labute approximate surface area is 188 Å². The highest BCUT2D eigenvalue weighted by atomic mass is 32.1. The number of rotatable bonds is 7. The number of carboxylic acid groups (broad SMARTS) is 1. The Kier molecular flexibility index (Phi) is 5.67. The zero-order valence-electron chi connectivity index (χ0n) is 17.4. The van der Waals surface area contributed by atoms with Crippen LogP contribution in [-0.4, -0.2) is 39.9 Å². The zero-order chi connectivity index (χ0) is 22.9. The first kappa shape index (κ1) is 21.5. The largest absolute Gasteiger partial charge is 0.478 e. The van der Waals surface area contributed by atoms with Crippen molar-refractivity contribution in [1.29, 1.82) is 0 Å². The van der Waals surface area contributed by atoms with Gasteiger partial charge in [-0.05, 0) is 36.1 Å². The Morgan fingerprint density at radius 1 is 1.12 bits per heavy atom. The number of anilines is 1. The quantitative estimate of drug-likeness (QED) is 0.319. The Morgan fingerprint density at radius 3 is 2.25 bits per heavy atom. The van der Waals surface area contributed by atoms with Crippen molar-refractivity contribution in [1.82, 2.24) is 4.98 Å². The average molecular weight is 452 g/mol. The summed E-state index contributed by atoms with van der Waals surface area (Å²) in [5.74, 6) is -2.14. The van der Waals surface area contributed by atoms with E-state index in [9.17, 15) is 14.7 Å². The third-order valence-corrected chi connectivity index (χ3v) is 5.86. The van der Waals surface area contributed by atoms with Gasteiger partial charge in [-0.1, -0.05) is 53.7 Å². The predicted molar refractivity (Wildman–Crippen MR) is 121 cm³/mol. The molecule has 32 heavy (non-hydrogen) atoms. The number of esters is 1. The van der Waals surface area contributed by atoms with Gasteiger partial charge in [-0.25, -0.2) is 14.6 Å². The Balaban J connectivity index is 1.59. The van der Waals surface area contributed by atoms with Crippen molar-refractivity contribution < 1.29 is 24.3 Å². The molecular formula is C23H21N3O5S. The van der Waals surface area contributed by atoms with Gasteiger partial charge >= 0.3 is 11.9 Å². The topological polar surface area (TPSA) is 124 Å².